The Morgan fingerprint density at radius 2 is 1.71 bits per heavy atom. The van der Waals surface area contributed by atoms with Crippen LogP contribution in [0.5, 0.6) is 0 Å². The number of hydrogen-bond acceptors (Lipinski definition) is 2. The Labute approximate surface area is 183 Å². The summed E-state index contributed by atoms with van der Waals surface area (Å²) in [5, 5.41) is 8.02. The quantitative estimate of drug-likeness (QED) is 0.646. The number of para-hydroxylation sites is 1. The third-order valence-corrected chi connectivity index (χ3v) is 6.87. The van der Waals surface area contributed by atoms with Gasteiger partial charge in [-0.25, -0.2) is 4.68 Å². The second kappa shape index (κ2) is 9.10. The summed E-state index contributed by atoms with van der Waals surface area (Å²) in [4.78, 5) is 14.2. The molecule has 3 aromatic rings. The van der Waals surface area contributed by atoms with E-state index in [9.17, 15) is 4.79 Å². The summed E-state index contributed by atoms with van der Waals surface area (Å²) < 4.78 is 4.17. The van der Waals surface area contributed by atoms with Gasteiger partial charge in [0, 0.05) is 37.2 Å². The summed E-state index contributed by atoms with van der Waals surface area (Å²) in [5.41, 5.74) is 2.30. The van der Waals surface area contributed by atoms with E-state index in [-0.39, 0.29) is 11.8 Å². The fourth-order valence-corrected chi connectivity index (χ4v) is 5.13. The molecule has 2 aliphatic rings. The number of quaternary nitrogens is 1. The van der Waals surface area contributed by atoms with Crippen LogP contribution >= 0.6 is 0 Å². The zero-order chi connectivity index (χ0) is 21.0. The number of carbonyl (C=O) groups is 1. The fourth-order valence-electron chi connectivity index (χ4n) is 5.13. The maximum absolute atomic E-state index is 12.7. The Hall–Kier alpha value is -2.86. The van der Waals surface area contributed by atoms with Crippen LogP contribution in [0.3, 0.4) is 0 Å². The van der Waals surface area contributed by atoms with Crippen molar-refractivity contribution >= 4 is 5.91 Å². The third-order valence-electron chi connectivity index (χ3n) is 6.87. The van der Waals surface area contributed by atoms with E-state index in [0.29, 0.717) is 6.04 Å². The minimum absolute atomic E-state index is 0.181. The van der Waals surface area contributed by atoms with Crippen molar-refractivity contribution in [2.24, 2.45) is 5.92 Å². The van der Waals surface area contributed by atoms with E-state index in [1.54, 1.807) is 0 Å². The van der Waals surface area contributed by atoms with Crippen LogP contribution in [0.1, 0.15) is 44.1 Å². The Morgan fingerprint density at radius 3 is 2.42 bits per heavy atom. The highest BCUT2D eigenvalue weighted by Gasteiger charge is 2.30. The summed E-state index contributed by atoms with van der Waals surface area (Å²) in [7, 11) is 0. The molecule has 2 fully saturated rings. The number of piperidine rings is 1. The normalized spacial score (nSPS) is 21.9. The lowest BCUT2D eigenvalue weighted by molar-refractivity contribution is -0.919. The summed E-state index contributed by atoms with van der Waals surface area (Å²) in [6, 6.07) is 14.8. The molecule has 162 valence electrons. The van der Waals surface area contributed by atoms with Crippen molar-refractivity contribution in [1.29, 1.82) is 0 Å². The van der Waals surface area contributed by atoms with Crippen LogP contribution in [0.25, 0.3) is 11.5 Å². The average molecular weight is 419 g/mol. The topological polar surface area (TPSA) is 56.3 Å². The zero-order valence-corrected chi connectivity index (χ0v) is 18.0. The molecule has 3 heterocycles. The van der Waals surface area contributed by atoms with Crippen LogP contribution in [0.2, 0.25) is 0 Å². The standard InChI is InChI=1S/C25H31N5O/c31-24(27-22-8-4-5-9-22)20-12-16-28(17-13-20)19-21-18-26-30(23-10-2-1-3-11-23)25(21)29-14-6-7-15-29/h1-3,6-7,10-11,14-15,18,20,22H,4-5,8-9,12-13,16-17,19H2,(H,27,31)/p+1. The Morgan fingerprint density at radius 1 is 1.00 bits per heavy atom. The molecule has 1 aliphatic carbocycles. The molecule has 1 aromatic carbocycles. The number of rotatable bonds is 6. The predicted octanol–water partition coefficient (Wildman–Crippen LogP) is 2.52. The molecule has 0 unspecified atom stereocenters. The SMILES string of the molecule is O=C(NC1CCCC1)C1CC[NH+](Cc2cnn(-c3ccccc3)c2-n2cccc2)CC1. The Kier molecular flexibility index (Phi) is 5.89. The summed E-state index contributed by atoms with van der Waals surface area (Å²) in [6.07, 6.45) is 12.9. The molecule has 6 nitrogen and oxygen atoms in total. The van der Waals surface area contributed by atoms with Crippen LogP contribution in [-0.4, -0.2) is 39.4 Å². The minimum Gasteiger partial charge on any atom is -0.353 e. The lowest BCUT2D eigenvalue weighted by Crippen LogP contribution is -3.11. The maximum atomic E-state index is 12.7. The van der Waals surface area contributed by atoms with Gasteiger partial charge in [-0.3, -0.25) is 4.79 Å². The number of amides is 1. The number of likely N-dealkylation sites (tertiary alicyclic amines) is 1. The number of benzene rings is 1. The predicted molar refractivity (Wildman–Crippen MR) is 120 cm³/mol. The largest absolute Gasteiger partial charge is 0.353 e. The Balaban J connectivity index is 1.27. The van der Waals surface area contributed by atoms with Crippen molar-refractivity contribution in [3.8, 4) is 11.5 Å². The molecule has 31 heavy (non-hydrogen) atoms. The molecule has 0 atom stereocenters. The highest BCUT2D eigenvalue weighted by molar-refractivity contribution is 5.79. The van der Waals surface area contributed by atoms with Crippen molar-refractivity contribution in [1.82, 2.24) is 19.7 Å². The molecular weight excluding hydrogens is 386 g/mol. The molecule has 0 radical (unpaired) electrons. The molecule has 1 saturated heterocycles. The molecule has 1 saturated carbocycles. The highest BCUT2D eigenvalue weighted by Crippen LogP contribution is 2.21. The molecule has 0 bridgehead atoms. The van der Waals surface area contributed by atoms with Crippen LogP contribution in [0.4, 0.5) is 0 Å². The Bertz CT molecular complexity index is 980. The second-order valence-electron chi connectivity index (χ2n) is 9.02. The van der Waals surface area contributed by atoms with E-state index in [1.807, 2.05) is 41.2 Å². The van der Waals surface area contributed by atoms with E-state index < -0.39 is 0 Å². The molecule has 1 amide bonds. The third kappa shape index (κ3) is 4.44. The van der Waals surface area contributed by atoms with Gasteiger partial charge in [0.25, 0.3) is 0 Å². The first-order chi connectivity index (χ1) is 15.3. The van der Waals surface area contributed by atoms with Crippen LogP contribution in [-0.2, 0) is 11.3 Å². The van der Waals surface area contributed by atoms with E-state index in [1.165, 1.54) is 23.3 Å². The number of carbonyl (C=O) groups excluding carboxylic acids is 1. The summed E-state index contributed by atoms with van der Waals surface area (Å²) >= 11 is 0. The lowest BCUT2D eigenvalue weighted by atomic mass is 9.95. The monoisotopic (exact) mass is 418 g/mol. The van der Waals surface area contributed by atoms with Gasteiger partial charge in [0.15, 0.2) is 0 Å². The first-order valence-electron chi connectivity index (χ1n) is 11.7. The van der Waals surface area contributed by atoms with Gasteiger partial charge in [0.05, 0.1) is 30.5 Å². The molecular formula is C25H32N5O+. The average Bonchev–Trinajstić information content (AvgIpc) is 3.57. The summed E-state index contributed by atoms with van der Waals surface area (Å²) in [6.45, 7) is 2.99. The van der Waals surface area contributed by atoms with E-state index >= 15 is 0 Å². The summed E-state index contributed by atoms with van der Waals surface area (Å²) in [5.74, 6) is 1.57. The van der Waals surface area contributed by atoms with Crippen LogP contribution in [0.15, 0.2) is 61.1 Å². The van der Waals surface area contributed by atoms with Crippen molar-refractivity contribution in [2.75, 3.05) is 13.1 Å². The first kappa shape index (κ1) is 20.1. The van der Waals surface area contributed by atoms with Crippen LogP contribution < -0.4 is 10.2 Å². The lowest BCUT2D eigenvalue weighted by Gasteiger charge is -2.29. The van der Waals surface area contributed by atoms with E-state index in [4.69, 9.17) is 5.10 Å². The molecule has 2 N–H and O–H groups in total. The fraction of sp³-hybridized carbons (Fsp3) is 0.440. The van der Waals surface area contributed by atoms with Crippen molar-refractivity contribution in [2.45, 2.75) is 51.1 Å². The van der Waals surface area contributed by atoms with Gasteiger partial charge in [0.2, 0.25) is 5.91 Å². The van der Waals surface area contributed by atoms with Gasteiger partial charge in [-0.2, -0.15) is 5.10 Å². The number of hydrogen-bond donors (Lipinski definition) is 2. The van der Waals surface area contributed by atoms with E-state index in [2.05, 4.69) is 34.4 Å². The van der Waals surface area contributed by atoms with Crippen molar-refractivity contribution in [3.63, 3.8) is 0 Å². The highest BCUT2D eigenvalue weighted by atomic mass is 16.1. The van der Waals surface area contributed by atoms with Gasteiger partial charge in [-0.05, 0) is 37.1 Å². The number of nitrogens with zero attached hydrogens (tertiary/aromatic N) is 3. The van der Waals surface area contributed by atoms with Crippen molar-refractivity contribution < 1.29 is 9.69 Å². The van der Waals surface area contributed by atoms with Crippen molar-refractivity contribution in [3.05, 3.63) is 66.6 Å². The number of nitrogens with one attached hydrogen (secondary N) is 2. The molecule has 6 heteroatoms. The zero-order valence-electron chi connectivity index (χ0n) is 18.0. The van der Waals surface area contributed by atoms with Gasteiger partial charge in [-0.1, -0.05) is 31.0 Å². The molecule has 0 spiro atoms. The van der Waals surface area contributed by atoms with E-state index in [0.717, 1.165) is 56.8 Å². The molecule has 1 aliphatic heterocycles. The van der Waals surface area contributed by atoms with Gasteiger partial charge >= 0.3 is 0 Å². The first-order valence-corrected chi connectivity index (χ1v) is 11.7. The van der Waals surface area contributed by atoms with Gasteiger partial charge in [-0.15, -0.1) is 0 Å². The molecule has 5 rings (SSSR count). The maximum Gasteiger partial charge on any atom is 0.223 e. The minimum atomic E-state index is 0.181. The smallest absolute Gasteiger partial charge is 0.223 e. The molecule has 2 aromatic heterocycles. The van der Waals surface area contributed by atoms with Gasteiger partial charge < -0.3 is 14.8 Å². The van der Waals surface area contributed by atoms with Crippen LogP contribution in [0, 0.1) is 5.92 Å². The number of aromatic nitrogens is 3. The second-order valence-corrected chi connectivity index (χ2v) is 9.02. The van der Waals surface area contributed by atoms with Gasteiger partial charge in [0.1, 0.15) is 12.4 Å².